The first-order valence-electron chi connectivity index (χ1n) is 25.9. The van der Waals surface area contributed by atoms with Crippen molar-refractivity contribution in [1.82, 2.24) is 25.1 Å². The van der Waals surface area contributed by atoms with E-state index < -0.39 is 23.4 Å². The van der Waals surface area contributed by atoms with Crippen LogP contribution in [-0.2, 0) is 14.3 Å². The van der Waals surface area contributed by atoms with Crippen molar-refractivity contribution in [2.75, 3.05) is 7.11 Å². The fourth-order valence-electron chi connectivity index (χ4n) is 16.0. The number of benzene rings is 2. The summed E-state index contributed by atoms with van der Waals surface area (Å²) in [5, 5.41) is 1.71. The number of ketones is 2. The maximum Gasteiger partial charge on any atom is 0.379 e. The standard InChI is InChI=1S/C28H36N2O3.C27H35N3O2.H3N/c1-33-28(32)27(31)25-17-29(26-11-3-2-10-24(25)26)22-15-20-8-5-9-21(16-22)30(20)23-13-18-6-4-7-19(12-18)14-23;28-27(32)26(31)24-16-29(25-10-2-1-9-23(24)25)21-14-19-7-4-8-20(15-21)30(19)22-12-17-5-3-6-18(11-17)13-22;/h2-3,10-11,17-23H,4-9,12-16H2,1H3;1-2,9-10,16-22H,3-8,11-15H2,(H2,28,32);1H3/t18-,19+,20-,21+,22?,23?;17-,18+,19-,20+,21?,22?;. The third-order valence-electron chi connectivity index (χ3n) is 18.4. The molecule has 0 spiro atoms. The Labute approximate surface area is 391 Å². The number of ether oxygens (including phenoxy) is 1. The van der Waals surface area contributed by atoms with E-state index in [1.807, 2.05) is 48.8 Å². The Kier molecular flexibility index (Phi) is 13.1. The molecular weight excluding hydrogens is 825 g/mol. The molecule has 0 radical (unpaired) electrons. The van der Waals surface area contributed by atoms with E-state index in [4.69, 9.17) is 10.5 Å². The lowest BCUT2D eigenvalue weighted by molar-refractivity contribution is -0.135. The molecule has 8 bridgehead atoms. The first-order chi connectivity index (χ1) is 31.7. The zero-order valence-electron chi connectivity index (χ0n) is 39.4. The van der Waals surface area contributed by atoms with Gasteiger partial charge in [0.05, 0.1) is 18.2 Å². The normalized spacial score (nSPS) is 34.1. The van der Waals surface area contributed by atoms with Gasteiger partial charge >= 0.3 is 5.97 Å². The molecule has 4 aliphatic heterocycles. The topological polar surface area (TPSA) is 155 Å². The van der Waals surface area contributed by atoms with Gasteiger partial charge in [0, 0.05) is 82.5 Å². The number of carbonyl (C=O) groups excluding carboxylic acids is 4. The maximum absolute atomic E-state index is 12.7. The SMILES string of the molecule is COC(=O)C(=O)c1cn(C2C[C@H]3CCC[C@@H](C2)N3C2C[C@H]3CCC[C@@H](C2)C3)c2ccccc12.N.NC(=O)C(=O)c1cn(C2C[C@H]3CCC[C@@H](C2)N3C2C[C@H]3CCC[C@@H](C2)C3)c2ccccc12. The summed E-state index contributed by atoms with van der Waals surface area (Å²) in [6.45, 7) is 0. The van der Waals surface area contributed by atoms with E-state index in [-0.39, 0.29) is 6.15 Å². The highest BCUT2D eigenvalue weighted by atomic mass is 16.5. The fourth-order valence-corrected chi connectivity index (χ4v) is 16.0. The fraction of sp³-hybridized carbons (Fsp3) is 0.636. The minimum atomic E-state index is -0.873. The molecule has 12 atom stereocenters. The molecule has 11 heteroatoms. The number of esters is 1. The number of rotatable bonds is 8. The molecule has 6 heterocycles. The average Bonchev–Trinajstić information content (AvgIpc) is 3.89. The lowest BCUT2D eigenvalue weighted by Gasteiger charge is -2.55. The van der Waals surface area contributed by atoms with E-state index in [1.54, 1.807) is 0 Å². The number of carbonyl (C=O) groups is 4. The van der Waals surface area contributed by atoms with Gasteiger partial charge in [0.1, 0.15) is 0 Å². The molecule has 4 saturated carbocycles. The zero-order chi connectivity index (χ0) is 44.3. The van der Waals surface area contributed by atoms with Crippen LogP contribution in [0.3, 0.4) is 0 Å². The molecule has 66 heavy (non-hydrogen) atoms. The summed E-state index contributed by atoms with van der Waals surface area (Å²) >= 11 is 0. The predicted octanol–water partition coefficient (Wildman–Crippen LogP) is 10.5. The molecule has 8 aliphatic rings. The van der Waals surface area contributed by atoms with E-state index in [2.05, 4.69) is 31.1 Å². The lowest BCUT2D eigenvalue weighted by Crippen LogP contribution is -2.58. The molecule has 2 aromatic heterocycles. The van der Waals surface area contributed by atoms with Gasteiger partial charge in [0.25, 0.3) is 17.5 Å². The molecule has 12 rings (SSSR count). The van der Waals surface area contributed by atoms with Gasteiger partial charge in [0.15, 0.2) is 0 Å². The second-order valence-electron chi connectivity index (χ2n) is 22.1. The predicted molar refractivity (Wildman–Crippen MR) is 259 cm³/mol. The van der Waals surface area contributed by atoms with Gasteiger partial charge in [-0.2, -0.15) is 0 Å². The highest BCUT2D eigenvalue weighted by Crippen LogP contribution is 2.50. The third-order valence-corrected chi connectivity index (χ3v) is 18.4. The molecular formula is C55H74N6O5. The number of nitrogens with zero attached hydrogens (tertiary/aromatic N) is 4. The van der Waals surface area contributed by atoms with Crippen molar-refractivity contribution in [1.29, 1.82) is 0 Å². The molecule has 354 valence electrons. The van der Waals surface area contributed by atoms with Gasteiger partial charge in [-0.3, -0.25) is 24.2 Å². The van der Waals surface area contributed by atoms with Gasteiger partial charge in [-0.1, -0.05) is 87.8 Å². The first kappa shape index (κ1) is 45.5. The van der Waals surface area contributed by atoms with Crippen LogP contribution in [0.15, 0.2) is 60.9 Å². The van der Waals surface area contributed by atoms with Crippen LogP contribution in [0.1, 0.15) is 174 Å². The van der Waals surface area contributed by atoms with E-state index in [0.29, 0.717) is 47.4 Å². The van der Waals surface area contributed by atoms with Crippen LogP contribution in [0, 0.1) is 23.7 Å². The Morgan fingerprint density at radius 1 is 0.470 bits per heavy atom. The summed E-state index contributed by atoms with van der Waals surface area (Å²) in [5.74, 6) is 1.06. The number of nitrogens with two attached hydrogens (primary N) is 1. The van der Waals surface area contributed by atoms with Crippen molar-refractivity contribution < 1.29 is 23.9 Å². The Hall–Kier alpha value is -4.32. The smallest absolute Gasteiger partial charge is 0.379 e. The van der Waals surface area contributed by atoms with E-state index >= 15 is 0 Å². The molecule has 4 aliphatic carbocycles. The summed E-state index contributed by atoms with van der Waals surface area (Å²) in [6.07, 6.45) is 33.6. The second kappa shape index (κ2) is 19.0. The van der Waals surface area contributed by atoms with E-state index in [9.17, 15) is 19.2 Å². The Bertz CT molecular complexity index is 2390. The largest absolute Gasteiger partial charge is 0.463 e. The summed E-state index contributed by atoms with van der Waals surface area (Å²) < 4.78 is 9.34. The van der Waals surface area contributed by atoms with Crippen molar-refractivity contribution in [2.24, 2.45) is 29.4 Å². The molecule has 1 amide bonds. The highest BCUT2D eigenvalue weighted by Gasteiger charge is 2.47. The molecule has 4 aromatic rings. The average molecular weight is 899 g/mol. The first-order valence-corrected chi connectivity index (χ1v) is 25.9. The molecule has 8 fully saturated rings. The van der Waals surface area contributed by atoms with Crippen LogP contribution < -0.4 is 11.9 Å². The van der Waals surface area contributed by atoms with Crippen molar-refractivity contribution >= 4 is 45.2 Å². The summed E-state index contributed by atoms with van der Waals surface area (Å²) in [4.78, 5) is 54.8. The molecule has 5 N–H and O–H groups in total. The van der Waals surface area contributed by atoms with Gasteiger partial charge in [0.2, 0.25) is 0 Å². The van der Waals surface area contributed by atoms with Crippen molar-refractivity contribution in [2.45, 2.75) is 190 Å². The van der Waals surface area contributed by atoms with Gasteiger partial charge in [-0.15, -0.1) is 0 Å². The summed E-state index contributed by atoms with van der Waals surface area (Å²) in [7, 11) is 1.27. The minimum Gasteiger partial charge on any atom is -0.463 e. The van der Waals surface area contributed by atoms with E-state index in [0.717, 1.165) is 83.2 Å². The number of amides is 1. The minimum absolute atomic E-state index is 0. The number of primary amides is 1. The highest BCUT2D eigenvalue weighted by molar-refractivity contribution is 6.44. The van der Waals surface area contributed by atoms with Crippen LogP contribution in [0.4, 0.5) is 0 Å². The van der Waals surface area contributed by atoms with Crippen LogP contribution in [0.5, 0.6) is 0 Å². The Morgan fingerprint density at radius 2 is 0.833 bits per heavy atom. The monoisotopic (exact) mass is 899 g/mol. The molecule has 4 unspecified atom stereocenters. The van der Waals surface area contributed by atoms with Crippen LogP contribution in [0.2, 0.25) is 0 Å². The second-order valence-corrected chi connectivity index (χ2v) is 22.1. The van der Waals surface area contributed by atoms with Crippen molar-refractivity contribution in [3.05, 3.63) is 72.1 Å². The van der Waals surface area contributed by atoms with Crippen LogP contribution in [0.25, 0.3) is 21.8 Å². The van der Waals surface area contributed by atoms with Gasteiger partial charge < -0.3 is 25.8 Å². The number of piperidine rings is 4. The number of para-hydroxylation sites is 2. The number of fused-ring (bicyclic) bond motifs is 10. The quantitative estimate of drug-likeness (QED) is 0.101. The third kappa shape index (κ3) is 8.48. The lowest BCUT2D eigenvalue weighted by atomic mass is 9.68. The molecule has 11 nitrogen and oxygen atoms in total. The Balaban J connectivity index is 0.000000153. The van der Waals surface area contributed by atoms with Crippen molar-refractivity contribution in [3.8, 4) is 0 Å². The molecule has 2 aromatic carbocycles. The molecule has 4 saturated heterocycles. The number of hydrogen-bond acceptors (Lipinski definition) is 8. The van der Waals surface area contributed by atoms with Crippen LogP contribution in [-0.4, -0.2) is 85.7 Å². The van der Waals surface area contributed by atoms with Crippen molar-refractivity contribution in [3.63, 3.8) is 0 Å². The Morgan fingerprint density at radius 3 is 1.21 bits per heavy atom. The number of hydrogen-bond donors (Lipinski definition) is 2. The summed E-state index contributed by atoms with van der Waals surface area (Å²) in [6, 6.07) is 20.9. The summed E-state index contributed by atoms with van der Waals surface area (Å²) in [5.41, 5.74) is 8.41. The van der Waals surface area contributed by atoms with Gasteiger partial charge in [-0.05, 0) is 126 Å². The number of Topliss-reactive ketones (excluding diaryl/α,β-unsaturated/α-hetero) is 2. The van der Waals surface area contributed by atoms with Gasteiger partial charge in [-0.25, -0.2) is 4.79 Å². The number of aromatic nitrogens is 2. The maximum atomic E-state index is 12.7. The van der Waals surface area contributed by atoms with Crippen LogP contribution >= 0.6 is 0 Å². The van der Waals surface area contributed by atoms with E-state index in [1.165, 1.54) is 123 Å². The zero-order valence-corrected chi connectivity index (χ0v) is 39.4. The number of methoxy groups -OCH3 is 1.